The molecule has 2 aliphatic rings. The first-order chi connectivity index (χ1) is 10.3. The molecule has 1 aliphatic carbocycles. The maximum absolute atomic E-state index is 12.9. The number of carbonyl (C=O) groups excluding carboxylic acids is 1. The molecule has 2 heterocycles. The van der Waals surface area contributed by atoms with Crippen LogP contribution < -0.4 is 5.32 Å². The fraction of sp³-hybridized carbons (Fsp3) is 0.444. The minimum absolute atomic E-state index is 0.0225. The van der Waals surface area contributed by atoms with Gasteiger partial charge in [-0.3, -0.25) is 9.78 Å². The van der Waals surface area contributed by atoms with E-state index in [1.807, 2.05) is 30.5 Å². The molecule has 3 nitrogen and oxygen atoms in total. The van der Waals surface area contributed by atoms with E-state index >= 15 is 0 Å². The number of hydrogen-bond donors (Lipinski definition) is 1. The molecule has 2 aromatic rings. The van der Waals surface area contributed by atoms with E-state index in [9.17, 15) is 4.79 Å². The molecule has 4 rings (SSSR count). The molecule has 1 aromatic heterocycles. The lowest BCUT2D eigenvalue weighted by molar-refractivity contribution is 0.0950. The van der Waals surface area contributed by atoms with Gasteiger partial charge in [0.05, 0.1) is 6.04 Å². The van der Waals surface area contributed by atoms with Gasteiger partial charge >= 0.3 is 0 Å². The molecular formula is C18H20N2O. The van der Waals surface area contributed by atoms with Gasteiger partial charge in [0.15, 0.2) is 5.78 Å². The topological polar surface area (TPSA) is 42.0 Å². The normalized spacial score (nSPS) is 28.5. The second-order valence-electron chi connectivity index (χ2n) is 6.38. The van der Waals surface area contributed by atoms with Crippen LogP contribution in [0.1, 0.15) is 42.5 Å². The monoisotopic (exact) mass is 280 g/mol. The van der Waals surface area contributed by atoms with E-state index in [1.54, 1.807) is 6.20 Å². The summed E-state index contributed by atoms with van der Waals surface area (Å²) in [5.74, 6) is 0.907. The first-order valence-electron chi connectivity index (χ1n) is 7.96. The molecule has 0 spiro atoms. The third-order valence-corrected chi connectivity index (χ3v) is 5.11. The molecule has 1 aromatic carbocycles. The van der Waals surface area contributed by atoms with E-state index in [0.29, 0.717) is 12.0 Å². The van der Waals surface area contributed by atoms with Gasteiger partial charge in [-0.15, -0.1) is 0 Å². The highest BCUT2D eigenvalue weighted by atomic mass is 16.1. The molecule has 1 N–H and O–H groups in total. The Morgan fingerprint density at radius 3 is 2.90 bits per heavy atom. The lowest BCUT2D eigenvalue weighted by Crippen LogP contribution is -2.37. The van der Waals surface area contributed by atoms with Gasteiger partial charge in [-0.25, -0.2) is 0 Å². The average molecular weight is 280 g/mol. The van der Waals surface area contributed by atoms with E-state index in [4.69, 9.17) is 0 Å². The molecule has 3 heteroatoms. The third kappa shape index (κ3) is 2.26. The Morgan fingerprint density at radius 1 is 1.14 bits per heavy atom. The fourth-order valence-electron chi connectivity index (χ4n) is 4.02. The zero-order valence-electron chi connectivity index (χ0n) is 12.1. The number of aromatic nitrogens is 1. The lowest BCUT2D eigenvalue weighted by Gasteiger charge is -2.24. The van der Waals surface area contributed by atoms with E-state index in [2.05, 4.69) is 10.3 Å². The van der Waals surface area contributed by atoms with Crippen molar-refractivity contribution >= 4 is 16.6 Å². The molecule has 0 radical (unpaired) electrons. The Bertz CT molecular complexity index is 662. The van der Waals surface area contributed by atoms with Crippen molar-refractivity contribution in [1.29, 1.82) is 0 Å². The van der Waals surface area contributed by atoms with Crippen LogP contribution in [0.5, 0.6) is 0 Å². The number of nitrogens with zero attached hydrogens (tertiary/aromatic N) is 1. The van der Waals surface area contributed by atoms with Gasteiger partial charge in [0.2, 0.25) is 0 Å². The Balaban J connectivity index is 1.65. The maximum Gasteiger partial charge on any atom is 0.181 e. The summed E-state index contributed by atoms with van der Waals surface area (Å²) >= 11 is 0. The molecule has 1 aliphatic heterocycles. The summed E-state index contributed by atoms with van der Waals surface area (Å²) in [6.45, 7) is 0. The van der Waals surface area contributed by atoms with Gasteiger partial charge < -0.3 is 5.32 Å². The number of hydrogen-bond acceptors (Lipinski definition) is 3. The van der Waals surface area contributed by atoms with Crippen molar-refractivity contribution in [3.63, 3.8) is 0 Å². The SMILES string of the molecule is O=C(c1cncc2ccccc12)C1CC2CCCCC2N1. The van der Waals surface area contributed by atoms with E-state index < -0.39 is 0 Å². The van der Waals surface area contributed by atoms with Crippen molar-refractivity contribution in [3.8, 4) is 0 Å². The van der Waals surface area contributed by atoms with E-state index in [0.717, 1.165) is 22.8 Å². The van der Waals surface area contributed by atoms with Crippen LogP contribution in [0.15, 0.2) is 36.7 Å². The minimum atomic E-state index is -0.0225. The van der Waals surface area contributed by atoms with Gasteiger partial charge in [-0.05, 0) is 30.6 Å². The lowest BCUT2D eigenvalue weighted by atomic mass is 9.84. The number of pyridine rings is 1. The number of benzene rings is 1. The zero-order chi connectivity index (χ0) is 14.2. The van der Waals surface area contributed by atoms with Gasteiger partial charge in [-0.2, -0.15) is 0 Å². The summed E-state index contributed by atoms with van der Waals surface area (Å²) in [4.78, 5) is 17.1. The summed E-state index contributed by atoms with van der Waals surface area (Å²) in [5.41, 5.74) is 0.768. The van der Waals surface area contributed by atoms with Gasteiger partial charge in [0.25, 0.3) is 0 Å². The number of fused-ring (bicyclic) bond motifs is 2. The molecule has 108 valence electrons. The predicted molar refractivity (Wildman–Crippen MR) is 83.4 cm³/mol. The molecule has 3 atom stereocenters. The van der Waals surface area contributed by atoms with E-state index in [1.165, 1.54) is 25.7 Å². The van der Waals surface area contributed by atoms with Crippen LogP contribution >= 0.6 is 0 Å². The van der Waals surface area contributed by atoms with Crippen LogP contribution in [0.25, 0.3) is 10.8 Å². The van der Waals surface area contributed by atoms with Crippen LogP contribution in [0, 0.1) is 5.92 Å². The summed E-state index contributed by atoms with van der Waals surface area (Å²) in [6.07, 6.45) is 9.66. The number of rotatable bonds is 2. The van der Waals surface area contributed by atoms with Crippen molar-refractivity contribution in [1.82, 2.24) is 10.3 Å². The third-order valence-electron chi connectivity index (χ3n) is 5.11. The Hall–Kier alpha value is -1.74. The molecule has 3 unspecified atom stereocenters. The minimum Gasteiger partial charge on any atom is -0.304 e. The molecule has 0 amide bonds. The smallest absolute Gasteiger partial charge is 0.181 e. The quantitative estimate of drug-likeness (QED) is 0.858. The molecule has 21 heavy (non-hydrogen) atoms. The fourth-order valence-corrected chi connectivity index (χ4v) is 4.02. The number of ketones is 1. The Kier molecular flexibility index (Phi) is 3.23. The van der Waals surface area contributed by atoms with E-state index in [-0.39, 0.29) is 11.8 Å². The first kappa shape index (κ1) is 13.0. The zero-order valence-corrected chi connectivity index (χ0v) is 12.1. The highest BCUT2D eigenvalue weighted by Crippen LogP contribution is 2.34. The molecule has 1 saturated heterocycles. The first-order valence-corrected chi connectivity index (χ1v) is 7.96. The van der Waals surface area contributed by atoms with Crippen molar-refractivity contribution in [3.05, 3.63) is 42.2 Å². The van der Waals surface area contributed by atoms with Crippen LogP contribution in [0.3, 0.4) is 0 Å². The largest absolute Gasteiger partial charge is 0.304 e. The Morgan fingerprint density at radius 2 is 2.00 bits per heavy atom. The van der Waals surface area contributed by atoms with Crippen LogP contribution in [-0.2, 0) is 0 Å². The second-order valence-corrected chi connectivity index (χ2v) is 6.38. The van der Waals surface area contributed by atoms with Crippen LogP contribution in [0.4, 0.5) is 0 Å². The Labute approximate surface area is 124 Å². The molecule has 0 bridgehead atoms. The highest BCUT2D eigenvalue weighted by Gasteiger charge is 2.38. The average Bonchev–Trinajstić information content (AvgIpc) is 2.97. The van der Waals surface area contributed by atoms with Gasteiger partial charge in [0, 0.05) is 29.4 Å². The van der Waals surface area contributed by atoms with Crippen molar-refractivity contribution in [2.45, 2.75) is 44.2 Å². The summed E-state index contributed by atoms with van der Waals surface area (Å²) in [7, 11) is 0. The summed E-state index contributed by atoms with van der Waals surface area (Å²) < 4.78 is 0. The molecular weight excluding hydrogens is 260 g/mol. The van der Waals surface area contributed by atoms with Crippen molar-refractivity contribution in [2.75, 3.05) is 0 Å². The maximum atomic E-state index is 12.9. The highest BCUT2D eigenvalue weighted by molar-refractivity contribution is 6.10. The standard InChI is InChI=1S/C18H20N2O/c21-18(17-9-12-5-2-4-8-16(12)20-17)15-11-19-10-13-6-1-3-7-14(13)15/h1,3,6-7,10-12,16-17,20H,2,4-5,8-9H2. The number of nitrogens with one attached hydrogen (secondary N) is 1. The summed E-state index contributed by atoms with van der Waals surface area (Å²) in [6, 6.07) is 8.54. The predicted octanol–water partition coefficient (Wildman–Crippen LogP) is 3.34. The van der Waals surface area contributed by atoms with Gasteiger partial charge in [-0.1, -0.05) is 37.1 Å². The second kappa shape index (κ2) is 5.23. The van der Waals surface area contributed by atoms with Crippen molar-refractivity contribution < 1.29 is 4.79 Å². The van der Waals surface area contributed by atoms with Gasteiger partial charge in [0.1, 0.15) is 0 Å². The number of carbonyl (C=O) groups is 1. The van der Waals surface area contributed by atoms with Crippen LogP contribution in [-0.4, -0.2) is 22.9 Å². The molecule has 2 fully saturated rings. The molecule has 1 saturated carbocycles. The number of Topliss-reactive ketones (excluding diaryl/α,β-unsaturated/α-hetero) is 1. The van der Waals surface area contributed by atoms with Crippen molar-refractivity contribution in [2.24, 2.45) is 5.92 Å². The van der Waals surface area contributed by atoms with Crippen LogP contribution in [0.2, 0.25) is 0 Å². The summed E-state index contributed by atoms with van der Waals surface area (Å²) in [5, 5.41) is 5.64.